The van der Waals surface area contributed by atoms with Crippen molar-refractivity contribution >= 4 is 0 Å². The molecule has 1 saturated carbocycles. The highest BCUT2D eigenvalue weighted by atomic mass is 16.3. The first kappa shape index (κ1) is 12.9. The van der Waals surface area contributed by atoms with Gasteiger partial charge >= 0.3 is 0 Å². The van der Waals surface area contributed by atoms with Crippen LogP contribution in [0.5, 0.6) is 0 Å². The first-order valence-electron chi connectivity index (χ1n) is 6.18. The Morgan fingerprint density at radius 3 is 2.53 bits per heavy atom. The Bertz CT molecular complexity index is 180. The van der Waals surface area contributed by atoms with Crippen molar-refractivity contribution in [1.29, 1.82) is 0 Å². The number of rotatable bonds is 4. The Morgan fingerprint density at radius 1 is 1.27 bits per heavy atom. The van der Waals surface area contributed by atoms with Gasteiger partial charge in [-0.15, -0.1) is 0 Å². The SMILES string of the molecule is CCC(C)(CO)NC1CCCCCC1O. The van der Waals surface area contributed by atoms with Crippen molar-refractivity contribution in [3.8, 4) is 0 Å². The van der Waals surface area contributed by atoms with Crippen molar-refractivity contribution in [3.05, 3.63) is 0 Å². The lowest BCUT2D eigenvalue weighted by molar-refractivity contribution is 0.0800. The van der Waals surface area contributed by atoms with Crippen LogP contribution in [0.1, 0.15) is 52.4 Å². The molecule has 0 bridgehead atoms. The van der Waals surface area contributed by atoms with Crippen molar-refractivity contribution in [3.63, 3.8) is 0 Å². The molecular formula is C12H25NO2. The average Bonchev–Trinajstić information content (AvgIpc) is 2.44. The van der Waals surface area contributed by atoms with Gasteiger partial charge in [0.1, 0.15) is 0 Å². The fourth-order valence-corrected chi connectivity index (χ4v) is 2.16. The molecule has 0 saturated heterocycles. The second-order valence-corrected chi connectivity index (χ2v) is 5.03. The van der Waals surface area contributed by atoms with Crippen LogP contribution in [-0.2, 0) is 0 Å². The maximum Gasteiger partial charge on any atom is 0.0693 e. The molecule has 0 aliphatic heterocycles. The molecule has 1 aliphatic rings. The van der Waals surface area contributed by atoms with E-state index in [0.29, 0.717) is 0 Å². The van der Waals surface area contributed by atoms with Gasteiger partial charge in [0.2, 0.25) is 0 Å². The molecule has 3 atom stereocenters. The summed E-state index contributed by atoms with van der Waals surface area (Å²) < 4.78 is 0. The zero-order chi connectivity index (χ0) is 11.3. The monoisotopic (exact) mass is 215 g/mol. The highest BCUT2D eigenvalue weighted by Gasteiger charge is 2.29. The van der Waals surface area contributed by atoms with Crippen LogP contribution in [0, 0.1) is 0 Å². The summed E-state index contributed by atoms with van der Waals surface area (Å²) in [5, 5.41) is 22.7. The predicted molar refractivity (Wildman–Crippen MR) is 61.8 cm³/mol. The van der Waals surface area contributed by atoms with Crippen LogP contribution < -0.4 is 5.32 Å². The topological polar surface area (TPSA) is 52.5 Å². The van der Waals surface area contributed by atoms with Crippen LogP contribution in [0.15, 0.2) is 0 Å². The summed E-state index contributed by atoms with van der Waals surface area (Å²) in [6.07, 6.45) is 6.08. The Morgan fingerprint density at radius 2 is 1.93 bits per heavy atom. The summed E-state index contributed by atoms with van der Waals surface area (Å²) in [5.74, 6) is 0. The van der Waals surface area contributed by atoms with Gasteiger partial charge in [0.05, 0.1) is 12.7 Å². The number of hydrogen-bond donors (Lipinski definition) is 3. The van der Waals surface area contributed by atoms with Crippen LogP contribution in [0.25, 0.3) is 0 Å². The van der Waals surface area contributed by atoms with E-state index in [1.807, 2.05) is 6.92 Å². The van der Waals surface area contributed by atoms with E-state index >= 15 is 0 Å². The van der Waals surface area contributed by atoms with Gasteiger partial charge in [-0.3, -0.25) is 0 Å². The second kappa shape index (κ2) is 5.83. The third-order valence-corrected chi connectivity index (χ3v) is 3.64. The van der Waals surface area contributed by atoms with Gasteiger partial charge in [0, 0.05) is 11.6 Å². The van der Waals surface area contributed by atoms with Crippen LogP contribution >= 0.6 is 0 Å². The fourth-order valence-electron chi connectivity index (χ4n) is 2.16. The lowest BCUT2D eigenvalue weighted by Crippen LogP contribution is -2.54. The zero-order valence-corrected chi connectivity index (χ0v) is 10.00. The average molecular weight is 215 g/mol. The van der Waals surface area contributed by atoms with Gasteiger partial charge in [-0.1, -0.05) is 26.2 Å². The normalized spacial score (nSPS) is 32.0. The van der Waals surface area contributed by atoms with E-state index < -0.39 is 0 Å². The third-order valence-electron chi connectivity index (χ3n) is 3.64. The maximum absolute atomic E-state index is 9.96. The second-order valence-electron chi connectivity index (χ2n) is 5.03. The molecule has 1 rings (SSSR count). The molecule has 0 amide bonds. The molecule has 0 spiro atoms. The summed E-state index contributed by atoms with van der Waals surface area (Å²) in [6, 6.07) is 0.157. The summed E-state index contributed by atoms with van der Waals surface area (Å²) in [4.78, 5) is 0. The van der Waals surface area contributed by atoms with E-state index in [1.54, 1.807) is 0 Å². The van der Waals surface area contributed by atoms with E-state index in [9.17, 15) is 10.2 Å². The van der Waals surface area contributed by atoms with Gasteiger partial charge in [0.25, 0.3) is 0 Å². The molecule has 0 aromatic rings. The molecule has 1 aliphatic carbocycles. The third kappa shape index (κ3) is 3.74. The van der Waals surface area contributed by atoms with E-state index in [1.165, 1.54) is 12.8 Å². The lowest BCUT2D eigenvalue weighted by Gasteiger charge is -2.34. The fraction of sp³-hybridized carbons (Fsp3) is 1.00. The minimum absolute atomic E-state index is 0.132. The van der Waals surface area contributed by atoms with Crippen molar-refractivity contribution in [2.45, 2.75) is 70.1 Å². The van der Waals surface area contributed by atoms with Crippen LogP contribution in [0.4, 0.5) is 0 Å². The summed E-state index contributed by atoms with van der Waals surface area (Å²) in [7, 11) is 0. The zero-order valence-electron chi connectivity index (χ0n) is 10.00. The molecule has 0 radical (unpaired) electrons. The van der Waals surface area contributed by atoms with E-state index in [0.717, 1.165) is 25.7 Å². The highest BCUT2D eigenvalue weighted by molar-refractivity contribution is 4.89. The molecular weight excluding hydrogens is 190 g/mol. The summed E-state index contributed by atoms with van der Waals surface area (Å²) in [6.45, 7) is 4.21. The van der Waals surface area contributed by atoms with Crippen molar-refractivity contribution in [2.24, 2.45) is 0 Å². The standard InChI is InChI=1S/C12H25NO2/c1-3-12(2,9-14)13-10-7-5-4-6-8-11(10)15/h10-11,13-15H,3-9H2,1-2H3. The molecule has 0 aromatic heterocycles. The summed E-state index contributed by atoms with van der Waals surface area (Å²) in [5.41, 5.74) is -0.240. The van der Waals surface area contributed by atoms with Gasteiger partial charge in [-0.05, 0) is 26.2 Å². The maximum atomic E-state index is 9.96. The quantitative estimate of drug-likeness (QED) is 0.622. The Labute approximate surface area is 92.9 Å². The molecule has 3 nitrogen and oxygen atoms in total. The van der Waals surface area contributed by atoms with Crippen molar-refractivity contribution in [1.82, 2.24) is 5.32 Å². The molecule has 0 aromatic carbocycles. The van der Waals surface area contributed by atoms with Crippen LogP contribution in [0.3, 0.4) is 0 Å². The number of aliphatic hydroxyl groups is 2. The van der Waals surface area contributed by atoms with Crippen molar-refractivity contribution < 1.29 is 10.2 Å². The minimum atomic E-state index is -0.245. The molecule has 0 heterocycles. The first-order chi connectivity index (χ1) is 7.11. The predicted octanol–water partition coefficient (Wildman–Crippen LogP) is 1.43. The lowest BCUT2D eigenvalue weighted by atomic mass is 9.95. The van der Waals surface area contributed by atoms with Gasteiger partial charge in [-0.25, -0.2) is 0 Å². The summed E-state index contributed by atoms with van der Waals surface area (Å²) >= 11 is 0. The Hall–Kier alpha value is -0.120. The largest absolute Gasteiger partial charge is 0.394 e. The molecule has 3 heteroatoms. The van der Waals surface area contributed by atoms with Gasteiger partial charge in [0.15, 0.2) is 0 Å². The smallest absolute Gasteiger partial charge is 0.0693 e. The van der Waals surface area contributed by atoms with E-state index in [2.05, 4.69) is 12.2 Å². The van der Waals surface area contributed by atoms with Gasteiger partial charge < -0.3 is 15.5 Å². The molecule has 3 unspecified atom stereocenters. The van der Waals surface area contributed by atoms with Crippen LogP contribution in [-0.4, -0.2) is 34.5 Å². The molecule has 3 N–H and O–H groups in total. The van der Waals surface area contributed by atoms with Crippen molar-refractivity contribution in [2.75, 3.05) is 6.61 Å². The molecule has 15 heavy (non-hydrogen) atoms. The van der Waals surface area contributed by atoms with Crippen LogP contribution in [0.2, 0.25) is 0 Å². The molecule has 1 fully saturated rings. The van der Waals surface area contributed by atoms with E-state index in [-0.39, 0.29) is 24.3 Å². The highest BCUT2D eigenvalue weighted by Crippen LogP contribution is 2.21. The Kier molecular flexibility index (Phi) is 5.03. The number of hydrogen-bond acceptors (Lipinski definition) is 3. The number of aliphatic hydroxyl groups excluding tert-OH is 2. The van der Waals surface area contributed by atoms with E-state index in [4.69, 9.17) is 0 Å². The van der Waals surface area contributed by atoms with Gasteiger partial charge in [-0.2, -0.15) is 0 Å². The molecule has 90 valence electrons. The Balaban J connectivity index is 2.53. The number of nitrogens with one attached hydrogen (secondary N) is 1. The first-order valence-corrected chi connectivity index (χ1v) is 6.18. The minimum Gasteiger partial charge on any atom is -0.394 e.